The largest absolute Gasteiger partial charge is 0.337 e. The van der Waals surface area contributed by atoms with Gasteiger partial charge in [0.1, 0.15) is 5.82 Å². The highest BCUT2D eigenvalue weighted by atomic mass is 16.2. The Balaban J connectivity index is 1.52. The summed E-state index contributed by atoms with van der Waals surface area (Å²) in [4.78, 5) is 17.1. The van der Waals surface area contributed by atoms with Gasteiger partial charge in [-0.1, -0.05) is 36.4 Å². The van der Waals surface area contributed by atoms with Crippen LogP contribution in [0.2, 0.25) is 0 Å². The standard InChI is InChI=1S/C19H21N5O/c1-14-20-21-19(22(14)2)24-12-10-23(11-13-24)18(25)17-9-5-7-15-6-3-4-8-16(15)17/h3-9H,10-13H2,1-2H3. The molecule has 4 rings (SSSR count). The van der Waals surface area contributed by atoms with Gasteiger partial charge in [0.15, 0.2) is 0 Å². The topological polar surface area (TPSA) is 54.3 Å². The number of carbonyl (C=O) groups is 1. The van der Waals surface area contributed by atoms with Crippen LogP contribution in [0.3, 0.4) is 0 Å². The zero-order valence-electron chi connectivity index (χ0n) is 14.5. The number of aromatic nitrogens is 3. The van der Waals surface area contributed by atoms with Gasteiger partial charge in [-0.05, 0) is 23.8 Å². The average molecular weight is 335 g/mol. The summed E-state index contributed by atoms with van der Waals surface area (Å²) in [7, 11) is 1.97. The summed E-state index contributed by atoms with van der Waals surface area (Å²) in [6.07, 6.45) is 0. The lowest BCUT2D eigenvalue weighted by Gasteiger charge is -2.35. The quantitative estimate of drug-likeness (QED) is 0.721. The van der Waals surface area contributed by atoms with Gasteiger partial charge in [-0.3, -0.25) is 4.79 Å². The second-order valence-corrected chi connectivity index (χ2v) is 6.41. The molecule has 0 aliphatic carbocycles. The molecule has 0 unspecified atom stereocenters. The Morgan fingerprint density at radius 1 is 0.960 bits per heavy atom. The molecule has 1 amide bonds. The van der Waals surface area contributed by atoms with Crippen molar-refractivity contribution in [1.82, 2.24) is 19.7 Å². The van der Waals surface area contributed by atoms with E-state index in [1.54, 1.807) is 0 Å². The summed E-state index contributed by atoms with van der Waals surface area (Å²) in [5.74, 6) is 1.87. The van der Waals surface area contributed by atoms with E-state index in [4.69, 9.17) is 0 Å². The first-order valence-corrected chi connectivity index (χ1v) is 8.53. The molecular formula is C19H21N5O. The molecule has 6 heteroatoms. The van der Waals surface area contributed by atoms with Crippen LogP contribution in [0.1, 0.15) is 16.2 Å². The summed E-state index contributed by atoms with van der Waals surface area (Å²) in [6.45, 7) is 4.85. The van der Waals surface area contributed by atoms with Crippen molar-refractivity contribution in [1.29, 1.82) is 0 Å². The fourth-order valence-electron chi connectivity index (χ4n) is 3.36. The molecule has 6 nitrogen and oxygen atoms in total. The number of hydrogen-bond acceptors (Lipinski definition) is 4. The molecule has 0 radical (unpaired) electrons. The van der Waals surface area contributed by atoms with Crippen LogP contribution in [0.5, 0.6) is 0 Å². The maximum atomic E-state index is 13.0. The predicted octanol–water partition coefficient (Wildman–Crippen LogP) is 2.24. The third-order valence-corrected chi connectivity index (χ3v) is 4.94. The van der Waals surface area contributed by atoms with Gasteiger partial charge >= 0.3 is 0 Å². The Labute approximate surface area is 146 Å². The number of hydrogen-bond donors (Lipinski definition) is 0. The van der Waals surface area contributed by atoms with Crippen molar-refractivity contribution in [2.24, 2.45) is 7.05 Å². The lowest BCUT2D eigenvalue weighted by atomic mass is 10.0. The van der Waals surface area contributed by atoms with Crippen LogP contribution in [0.15, 0.2) is 42.5 Å². The van der Waals surface area contributed by atoms with Gasteiger partial charge in [-0.2, -0.15) is 0 Å². The number of fused-ring (bicyclic) bond motifs is 1. The predicted molar refractivity (Wildman–Crippen MR) is 97.8 cm³/mol. The van der Waals surface area contributed by atoms with Crippen molar-refractivity contribution >= 4 is 22.6 Å². The molecule has 1 aliphatic heterocycles. The molecule has 25 heavy (non-hydrogen) atoms. The Bertz CT molecular complexity index is 919. The number of aryl methyl sites for hydroxylation is 1. The van der Waals surface area contributed by atoms with E-state index in [0.29, 0.717) is 13.1 Å². The summed E-state index contributed by atoms with van der Waals surface area (Å²) in [5, 5.41) is 10.5. The molecule has 0 spiro atoms. The van der Waals surface area contributed by atoms with E-state index in [0.717, 1.165) is 41.2 Å². The van der Waals surface area contributed by atoms with Crippen LogP contribution in [-0.4, -0.2) is 51.8 Å². The van der Waals surface area contributed by atoms with E-state index in [-0.39, 0.29) is 5.91 Å². The normalized spacial score (nSPS) is 15.0. The maximum absolute atomic E-state index is 13.0. The lowest BCUT2D eigenvalue weighted by molar-refractivity contribution is 0.0748. The number of amides is 1. The van der Waals surface area contributed by atoms with Gasteiger partial charge in [0.05, 0.1) is 0 Å². The SMILES string of the molecule is Cc1nnc(N2CCN(C(=O)c3cccc4ccccc34)CC2)n1C. The highest BCUT2D eigenvalue weighted by molar-refractivity contribution is 6.07. The van der Waals surface area contributed by atoms with Gasteiger partial charge in [0.2, 0.25) is 5.95 Å². The van der Waals surface area contributed by atoms with Gasteiger partial charge < -0.3 is 14.4 Å². The van der Waals surface area contributed by atoms with Crippen LogP contribution >= 0.6 is 0 Å². The first-order valence-electron chi connectivity index (χ1n) is 8.53. The molecule has 1 saturated heterocycles. The second-order valence-electron chi connectivity index (χ2n) is 6.41. The molecular weight excluding hydrogens is 314 g/mol. The third-order valence-electron chi connectivity index (χ3n) is 4.94. The zero-order valence-corrected chi connectivity index (χ0v) is 14.5. The highest BCUT2D eigenvalue weighted by Crippen LogP contribution is 2.21. The minimum absolute atomic E-state index is 0.102. The zero-order chi connectivity index (χ0) is 17.4. The number of carbonyl (C=O) groups excluding carboxylic acids is 1. The van der Waals surface area contributed by atoms with Crippen LogP contribution in [-0.2, 0) is 7.05 Å². The van der Waals surface area contributed by atoms with E-state index in [9.17, 15) is 4.79 Å². The first kappa shape index (κ1) is 15.6. The van der Waals surface area contributed by atoms with Crippen LogP contribution < -0.4 is 4.90 Å². The van der Waals surface area contributed by atoms with Crippen molar-refractivity contribution in [3.8, 4) is 0 Å². The van der Waals surface area contributed by atoms with Gasteiger partial charge in [0, 0.05) is 38.8 Å². The Morgan fingerprint density at radius 2 is 1.68 bits per heavy atom. The van der Waals surface area contributed by atoms with E-state index < -0.39 is 0 Å². The molecule has 128 valence electrons. The molecule has 0 bridgehead atoms. The summed E-state index contributed by atoms with van der Waals surface area (Å²) in [6, 6.07) is 13.9. The lowest BCUT2D eigenvalue weighted by Crippen LogP contribution is -2.49. The van der Waals surface area contributed by atoms with Crippen LogP contribution in [0.4, 0.5) is 5.95 Å². The monoisotopic (exact) mass is 335 g/mol. The summed E-state index contributed by atoms with van der Waals surface area (Å²) >= 11 is 0. The highest BCUT2D eigenvalue weighted by Gasteiger charge is 2.25. The Kier molecular flexibility index (Phi) is 3.87. The van der Waals surface area contributed by atoms with E-state index in [1.807, 2.05) is 65.9 Å². The van der Waals surface area contributed by atoms with Crippen molar-refractivity contribution in [3.05, 3.63) is 53.9 Å². The average Bonchev–Trinajstić information content (AvgIpc) is 3.00. The summed E-state index contributed by atoms with van der Waals surface area (Å²) < 4.78 is 1.99. The van der Waals surface area contributed by atoms with Gasteiger partial charge in [-0.15, -0.1) is 10.2 Å². The first-order chi connectivity index (χ1) is 12.1. The number of piperazine rings is 1. The smallest absolute Gasteiger partial charge is 0.254 e. The molecule has 1 fully saturated rings. The number of rotatable bonds is 2. The molecule has 3 aromatic rings. The molecule has 2 aromatic carbocycles. The van der Waals surface area contributed by atoms with Crippen molar-refractivity contribution in [3.63, 3.8) is 0 Å². The van der Waals surface area contributed by atoms with Crippen molar-refractivity contribution in [2.75, 3.05) is 31.1 Å². The number of anilines is 1. The van der Waals surface area contributed by atoms with Crippen molar-refractivity contribution in [2.45, 2.75) is 6.92 Å². The van der Waals surface area contributed by atoms with Gasteiger partial charge in [-0.25, -0.2) is 0 Å². The minimum atomic E-state index is 0.102. The van der Waals surface area contributed by atoms with Crippen molar-refractivity contribution < 1.29 is 4.79 Å². The van der Waals surface area contributed by atoms with E-state index >= 15 is 0 Å². The maximum Gasteiger partial charge on any atom is 0.254 e. The third kappa shape index (κ3) is 2.73. The van der Waals surface area contributed by atoms with Crippen LogP contribution in [0.25, 0.3) is 10.8 Å². The van der Waals surface area contributed by atoms with Crippen LogP contribution in [0, 0.1) is 6.92 Å². The molecule has 1 aromatic heterocycles. The fourth-order valence-corrected chi connectivity index (χ4v) is 3.36. The Morgan fingerprint density at radius 3 is 2.40 bits per heavy atom. The summed E-state index contributed by atoms with van der Waals surface area (Å²) in [5.41, 5.74) is 0.779. The molecule has 2 heterocycles. The molecule has 0 N–H and O–H groups in total. The minimum Gasteiger partial charge on any atom is -0.337 e. The Hall–Kier alpha value is -2.89. The fraction of sp³-hybridized carbons (Fsp3) is 0.316. The molecule has 0 saturated carbocycles. The molecule has 0 atom stereocenters. The molecule has 1 aliphatic rings. The van der Waals surface area contributed by atoms with Gasteiger partial charge in [0.25, 0.3) is 5.91 Å². The number of nitrogens with zero attached hydrogens (tertiary/aromatic N) is 5. The van der Waals surface area contributed by atoms with E-state index in [2.05, 4.69) is 15.1 Å². The number of benzene rings is 2. The van der Waals surface area contributed by atoms with E-state index in [1.165, 1.54) is 0 Å². The second kappa shape index (κ2) is 6.20.